The Balaban J connectivity index is 2.28. The van der Waals surface area contributed by atoms with Gasteiger partial charge >= 0.3 is 0 Å². The number of nitrogens with two attached hydrogens (primary N) is 1. The molecule has 0 saturated carbocycles. The van der Waals surface area contributed by atoms with E-state index in [4.69, 9.17) is 5.73 Å². The number of likely N-dealkylation sites (N-methyl/N-ethyl adjacent to an activating group) is 1. The lowest BCUT2D eigenvalue weighted by atomic mass is 9.92. The van der Waals surface area contributed by atoms with Gasteiger partial charge in [-0.3, -0.25) is 4.90 Å². The lowest BCUT2D eigenvalue weighted by Crippen LogP contribution is -2.44. The quantitative estimate of drug-likeness (QED) is 0.885. The molecule has 0 aliphatic carbocycles. The third-order valence-electron chi connectivity index (χ3n) is 3.99. The lowest BCUT2D eigenvalue weighted by molar-refractivity contribution is 0.197. The van der Waals surface area contributed by atoms with E-state index in [1.165, 1.54) is 11.3 Å². The fourth-order valence-electron chi connectivity index (χ4n) is 3.11. The predicted molar refractivity (Wildman–Crippen MR) is 82.6 cm³/mol. The van der Waals surface area contributed by atoms with E-state index in [1.807, 2.05) is 0 Å². The van der Waals surface area contributed by atoms with E-state index >= 15 is 0 Å². The van der Waals surface area contributed by atoms with Gasteiger partial charge in [-0.1, -0.05) is 26.0 Å². The SMILES string of the molecule is Cc1cccc(N2CC(CN)N(C)CC(C)(C)C2)c1. The van der Waals surface area contributed by atoms with Crippen LogP contribution in [0, 0.1) is 12.3 Å². The molecule has 1 aliphatic rings. The van der Waals surface area contributed by atoms with Crippen LogP contribution in [0.5, 0.6) is 0 Å². The second kappa shape index (κ2) is 5.51. The van der Waals surface area contributed by atoms with Crippen molar-refractivity contribution in [3.05, 3.63) is 29.8 Å². The molecular weight excluding hydrogens is 234 g/mol. The molecule has 2 N–H and O–H groups in total. The number of aryl methyl sites for hydroxylation is 1. The molecule has 0 spiro atoms. The van der Waals surface area contributed by atoms with Gasteiger partial charge in [-0.15, -0.1) is 0 Å². The Morgan fingerprint density at radius 2 is 2.05 bits per heavy atom. The Morgan fingerprint density at radius 1 is 1.32 bits per heavy atom. The number of rotatable bonds is 2. The Morgan fingerprint density at radius 3 is 2.68 bits per heavy atom. The molecule has 19 heavy (non-hydrogen) atoms. The topological polar surface area (TPSA) is 32.5 Å². The molecule has 1 aromatic carbocycles. The van der Waals surface area contributed by atoms with Gasteiger partial charge in [0.15, 0.2) is 0 Å². The van der Waals surface area contributed by atoms with Crippen LogP contribution in [0.3, 0.4) is 0 Å². The average Bonchev–Trinajstić information content (AvgIpc) is 2.44. The summed E-state index contributed by atoms with van der Waals surface area (Å²) in [6, 6.07) is 9.21. The first kappa shape index (κ1) is 14.4. The number of anilines is 1. The standard InChI is InChI=1S/C16H27N3/c1-13-6-5-7-14(8-13)19-10-15(9-17)18(4)11-16(2,3)12-19/h5-8,15H,9-12,17H2,1-4H3. The third-order valence-corrected chi connectivity index (χ3v) is 3.99. The maximum absolute atomic E-state index is 5.95. The van der Waals surface area contributed by atoms with Crippen LogP contribution in [0.2, 0.25) is 0 Å². The van der Waals surface area contributed by atoms with E-state index in [-0.39, 0.29) is 5.41 Å². The van der Waals surface area contributed by atoms with Crippen LogP contribution in [-0.2, 0) is 0 Å². The normalized spacial score (nSPS) is 24.3. The van der Waals surface area contributed by atoms with Crippen LogP contribution >= 0.6 is 0 Å². The molecule has 1 saturated heterocycles. The maximum Gasteiger partial charge on any atom is 0.0390 e. The molecule has 2 rings (SSSR count). The first-order valence-electron chi connectivity index (χ1n) is 7.13. The summed E-state index contributed by atoms with van der Waals surface area (Å²) in [4.78, 5) is 4.91. The summed E-state index contributed by atoms with van der Waals surface area (Å²) in [7, 11) is 2.19. The van der Waals surface area contributed by atoms with Gasteiger partial charge in [0, 0.05) is 37.9 Å². The highest BCUT2D eigenvalue weighted by Crippen LogP contribution is 2.27. The van der Waals surface area contributed by atoms with Crippen molar-refractivity contribution in [1.29, 1.82) is 0 Å². The monoisotopic (exact) mass is 261 g/mol. The van der Waals surface area contributed by atoms with E-state index in [1.54, 1.807) is 0 Å². The number of hydrogen-bond acceptors (Lipinski definition) is 3. The zero-order chi connectivity index (χ0) is 14.0. The summed E-state index contributed by atoms with van der Waals surface area (Å²) < 4.78 is 0. The van der Waals surface area contributed by atoms with Gasteiger partial charge in [0.25, 0.3) is 0 Å². The molecule has 0 amide bonds. The molecule has 1 fully saturated rings. The van der Waals surface area contributed by atoms with E-state index in [2.05, 4.69) is 61.9 Å². The van der Waals surface area contributed by atoms with Crippen molar-refractivity contribution in [3.8, 4) is 0 Å². The molecule has 1 unspecified atom stereocenters. The molecule has 0 aromatic heterocycles. The summed E-state index contributed by atoms with van der Waals surface area (Å²) in [5, 5.41) is 0. The molecule has 3 heteroatoms. The minimum Gasteiger partial charge on any atom is -0.369 e. The summed E-state index contributed by atoms with van der Waals surface area (Å²) in [5.41, 5.74) is 8.87. The highest BCUT2D eigenvalue weighted by molar-refractivity contribution is 5.49. The lowest BCUT2D eigenvalue weighted by Gasteiger charge is -2.31. The van der Waals surface area contributed by atoms with Crippen molar-refractivity contribution < 1.29 is 0 Å². The zero-order valence-corrected chi connectivity index (χ0v) is 12.7. The van der Waals surface area contributed by atoms with Crippen LogP contribution in [0.1, 0.15) is 19.4 Å². The van der Waals surface area contributed by atoms with E-state index < -0.39 is 0 Å². The Hall–Kier alpha value is -1.06. The van der Waals surface area contributed by atoms with Gasteiger partial charge in [0.05, 0.1) is 0 Å². The van der Waals surface area contributed by atoms with Gasteiger partial charge in [-0.25, -0.2) is 0 Å². The van der Waals surface area contributed by atoms with Crippen molar-refractivity contribution in [2.45, 2.75) is 26.8 Å². The van der Waals surface area contributed by atoms with Crippen LogP contribution in [0.4, 0.5) is 5.69 Å². The van der Waals surface area contributed by atoms with E-state index in [9.17, 15) is 0 Å². The number of benzene rings is 1. The largest absolute Gasteiger partial charge is 0.369 e. The third kappa shape index (κ3) is 3.48. The highest BCUT2D eigenvalue weighted by atomic mass is 15.2. The summed E-state index contributed by atoms with van der Waals surface area (Å²) in [6.45, 7) is 10.7. The van der Waals surface area contributed by atoms with Crippen molar-refractivity contribution in [2.75, 3.05) is 38.1 Å². The second-order valence-corrected chi connectivity index (χ2v) is 6.69. The van der Waals surface area contributed by atoms with Gasteiger partial charge in [0.1, 0.15) is 0 Å². The van der Waals surface area contributed by atoms with E-state index in [0.717, 1.165) is 26.2 Å². The molecule has 106 valence electrons. The van der Waals surface area contributed by atoms with Crippen LogP contribution in [0.15, 0.2) is 24.3 Å². The first-order chi connectivity index (χ1) is 8.91. The summed E-state index contributed by atoms with van der Waals surface area (Å²) in [6.07, 6.45) is 0. The summed E-state index contributed by atoms with van der Waals surface area (Å²) in [5.74, 6) is 0. The summed E-state index contributed by atoms with van der Waals surface area (Å²) >= 11 is 0. The molecular formula is C16H27N3. The van der Waals surface area contributed by atoms with Gasteiger partial charge in [-0.05, 0) is 37.1 Å². The average molecular weight is 261 g/mol. The van der Waals surface area contributed by atoms with Crippen LogP contribution < -0.4 is 10.6 Å². The second-order valence-electron chi connectivity index (χ2n) is 6.69. The molecule has 0 bridgehead atoms. The number of hydrogen-bond donors (Lipinski definition) is 1. The molecule has 1 atom stereocenters. The van der Waals surface area contributed by atoms with Gasteiger partial charge < -0.3 is 10.6 Å². The maximum atomic E-state index is 5.95. The van der Waals surface area contributed by atoms with Gasteiger partial charge in [-0.2, -0.15) is 0 Å². The fraction of sp³-hybridized carbons (Fsp3) is 0.625. The Labute approximate surface area is 117 Å². The van der Waals surface area contributed by atoms with Crippen molar-refractivity contribution in [3.63, 3.8) is 0 Å². The smallest absolute Gasteiger partial charge is 0.0390 e. The highest BCUT2D eigenvalue weighted by Gasteiger charge is 2.31. The molecule has 0 radical (unpaired) electrons. The van der Waals surface area contributed by atoms with Crippen molar-refractivity contribution >= 4 is 5.69 Å². The van der Waals surface area contributed by atoms with E-state index in [0.29, 0.717) is 6.04 Å². The first-order valence-corrected chi connectivity index (χ1v) is 7.13. The molecule has 3 nitrogen and oxygen atoms in total. The van der Waals surface area contributed by atoms with Crippen LogP contribution in [0.25, 0.3) is 0 Å². The zero-order valence-electron chi connectivity index (χ0n) is 12.7. The molecule has 1 aliphatic heterocycles. The van der Waals surface area contributed by atoms with Gasteiger partial charge in [0.2, 0.25) is 0 Å². The predicted octanol–water partition coefficient (Wildman–Crippen LogP) is 2.10. The Bertz CT molecular complexity index is 428. The molecule has 1 heterocycles. The fourth-order valence-corrected chi connectivity index (χ4v) is 3.11. The number of nitrogens with zero attached hydrogens (tertiary/aromatic N) is 2. The minimum absolute atomic E-state index is 0.280. The Kier molecular flexibility index (Phi) is 4.16. The van der Waals surface area contributed by atoms with Crippen molar-refractivity contribution in [2.24, 2.45) is 11.1 Å². The van der Waals surface area contributed by atoms with Crippen molar-refractivity contribution in [1.82, 2.24) is 4.90 Å². The van der Waals surface area contributed by atoms with Crippen LogP contribution in [-0.4, -0.2) is 44.2 Å². The molecule has 1 aromatic rings. The minimum atomic E-state index is 0.280.